The summed E-state index contributed by atoms with van der Waals surface area (Å²) in [7, 11) is 0. The number of aldehydes is 1. The SMILES string of the molecule is CSc1cnc(C(=O)NCCCCCC=O)cn1. The van der Waals surface area contributed by atoms with Crippen molar-refractivity contribution in [1.29, 1.82) is 0 Å². The number of hydrogen-bond acceptors (Lipinski definition) is 5. The maximum absolute atomic E-state index is 11.7. The van der Waals surface area contributed by atoms with Gasteiger partial charge in [0.25, 0.3) is 5.91 Å². The van der Waals surface area contributed by atoms with Crippen molar-refractivity contribution in [2.24, 2.45) is 0 Å². The number of hydrogen-bond donors (Lipinski definition) is 1. The number of rotatable bonds is 8. The molecular weight excluding hydrogens is 250 g/mol. The lowest BCUT2D eigenvalue weighted by Gasteiger charge is -2.04. The van der Waals surface area contributed by atoms with Crippen molar-refractivity contribution in [1.82, 2.24) is 15.3 Å². The van der Waals surface area contributed by atoms with Gasteiger partial charge >= 0.3 is 0 Å². The van der Waals surface area contributed by atoms with Gasteiger partial charge in [0.1, 0.15) is 17.0 Å². The lowest BCUT2D eigenvalue weighted by molar-refractivity contribution is -0.107. The van der Waals surface area contributed by atoms with Crippen LogP contribution in [0.5, 0.6) is 0 Å². The normalized spacial score (nSPS) is 10.1. The highest BCUT2D eigenvalue weighted by atomic mass is 32.2. The molecule has 6 heteroatoms. The molecular formula is C12H17N3O2S. The van der Waals surface area contributed by atoms with E-state index in [1.165, 1.54) is 18.0 Å². The molecule has 18 heavy (non-hydrogen) atoms. The highest BCUT2D eigenvalue weighted by Crippen LogP contribution is 2.08. The van der Waals surface area contributed by atoms with Gasteiger partial charge < -0.3 is 10.1 Å². The Labute approximate surface area is 111 Å². The van der Waals surface area contributed by atoms with Crippen molar-refractivity contribution in [2.45, 2.75) is 30.7 Å². The molecule has 98 valence electrons. The van der Waals surface area contributed by atoms with Gasteiger partial charge in [-0.3, -0.25) is 4.79 Å². The summed E-state index contributed by atoms with van der Waals surface area (Å²) in [6.45, 7) is 0.601. The summed E-state index contributed by atoms with van der Waals surface area (Å²) in [5.74, 6) is -0.203. The Hall–Kier alpha value is -1.43. The molecule has 1 aromatic rings. The van der Waals surface area contributed by atoms with Gasteiger partial charge in [0.2, 0.25) is 0 Å². The first-order valence-electron chi connectivity index (χ1n) is 5.85. The van der Waals surface area contributed by atoms with E-state index in [1.807, 2.05) is 6.26 Å². The van der Waals surface area contributed by atoms with E-state index in [-0.39, 0.29) is 5.91 Å². The van der Waals surface area contributed by atoms with E-state index in [0.29, 0.717) is 18.7 Å². The number of aromatic nitrogens is 2. The molecule has 0 radical (unpaired) electrons. The van der Waals surface area contributed by atoms with Crippen LogP contribution in [0.4, 0.5) is 0 Å². The van der Waals surface area contributed by atoms with Crippen LogP contribution in [0.3, 0.4) is 0 Å². The van der Waals surface area contributed by atoms with Gasteiger partial charge in [-0.1, -0.05) is 6.42 Å². The van der Waals surface area contributed by atoms with Crippen LogP contribution in [0.2, 0.25) is 0 Å². The summed E-state index contributed by atoms with van der Waals surface area (Å²) < 4.78 is 0. The first-order chi connectivity index (χ1) is 8.77. The molecule has 0 aromatic carbocycles. The van der Waals surface area contributed by atoms with Crippen molar-refractivity contribution in [3.8, 4) is 0 Å². The zero-order chi connectivity index (χ0) is 13.2. The summed E-state index contributed by atoms with van der Waals surface area (Å²) in [4.78, 5) is 29.9. The van der Waals surface area contributed by atoms with Crippen molar-refractivity contribution >= 4 is 24.0 Å². The minimum Gasteiger partial charge on any atom is -0.351 e. The number of thioether (sulfide) groups is 1. The number of unbranched alkanes of at least 4 members (excludes halogenated alkanes) is 3. The molecule has 0 atom stereocenters. The Morgan fingerprint density at radius 2 is 2.17 bits per heavy atom. The Morgan fingerprint density at radius 3 is 2.78 bits per heavy atom. The molecule has 0 aliphatic carbocycles. The first-order valence-corrected chi connectivity index (χ1v) is 7.08. The molecule has 0 spiro atoms. The topological polar surface area (TPSA) is 72.0 Å². The highest BCUT2D eigenvalue weighted by Gasteiger charge is 2.06. The summed E-state index contributed by atoms with van der Waals surface area (Å²) in [5, 5.41) is 3.57. The smallest absolute Gasteiger partial charge is 0.271 e. The van der Waals surface area contributed by atoms with Gasteiger partial charge in [-0.05, 0) is 19.1 Å². The molecule has 1 rings (SSSR count). The predicted molar refractivity (Wildman–Crippen MR) is 70.7 cm³/mol. The molecule has 1 heterocycles. The number of nitrogens with zero attached hydrogens (tertiary/aromatic N) is 2. The van der Waals surface area contributed by atoms with Crippen LogP contribution in [0.1, 0.15) is 36.2 Å². The maximum Gasteiger partial charge on any atom is 0.271 e. The Bertz CT molecular complexity index is 381. The van der Waals surface area contributed by atoms with Gasteiger partial charge in [0, 0.05) is 13.0 Å². The number of carbonyl (C=O) groups is 2. The van der Waals surface area contributed by atoms with Gasteiger partial charge in [0.05, 0.1) is 12.4 Å². The van der Waals surface area contributed by atoms with E-state index < -0.39 is 0 Å². The minimum atomic E-state index is -0.203. The lowest BCUT2D eigenvalue weighted by atomic mass is 10.2. The number of carbonyl (C=O) groups excluding carboxylic acids is 2. The molecule has 0 unspecified atom stereocenters. The van der Waals surface area contributed by atoms with E-state index in [2.05, 4.69) is 15.3 Å². The first kappa shape index (κ1) is 14.6. The predicted octanol–water partition coefficient (Wildman–Crippen LogP) is 1.69. The van der Waals surface area contributed by atoms with Crippen LogP contribution >= 0.6 is 11.8 Å². The average Bonchev–Trinajstić information content (AvgIpc) is 2.42. The van der Waals surface area contributed by atoms with E-state index in [0.717, 1.165) is 30.6 Å². The second kappa shape index (κ2) is 8.63. The Kier molecular flexibility index (Phi) is 7.01. The van der Waals surface area contributed by atoms with Crippen LogP contribution < -0.4 is 5.32 Å². The molecule has 0 bridgehead atoms. The second-order valence-electron chi connectivity index (χ2n) is 3.72. The van der Waals surface area contributed by atoms with Crippen LogP contribution in [-0.4, -0.2) is 35.0 Å². The third-order valence-corrected chi connectivity index (χ3v) is 2.98. The lowest BCUT2D eigenvalue weighted by Crippen LogP contribution is -2.25. The van der Waals surface area contributed by atoms with Gasteiger partial charge in [-0.2, -0.15) is 0 Å². The molecule has 1 aromatic heterocycles. The summed E-state index contributed by atoms with van der Waals surface area (Å²) in [6.07, 6.45) is 9.17. The van der Waals surface area contributed by atoms with Crippen molar-refractivity contribution in [3.05, 3.63) is 18.1 Å². The van der Waals surface area contributed by atoms with Crippen molar-refractivity contribution < 1.29 is 9.59 Å². The van der Waals surface area contributed by atoms with Crippen LogP contribution in [0, 0.1) is 0 Å². The minimum absolute atomic E-state index is 0.203. The zero-order valence-corrected chi connectivity index (χ0v) is 11.2. The molecule has 0 aliphatic heterocycles. The summed E-state index contributed by atoms with van der Waals surface area (Å²) >= 11 is 1.48. The molecule has 1 amide bonds. The van der Waals surface area contributed by atoms with Crippen LogP contribution in [0.25, 0.3) is 0 Å². The fourth-order valence-electron chi connectivity index (χ4n) is 1.36. The summed E-state index contributed by atoms with van der Waals surface area (Å²) in [6, 6.07) is 0. The Morgan fingerprint density at radius 1 is 1.33 bits per heavy atom. The van der Waals surface area contributed by atoms with Gasteiger partial charge in [0.15, 0.2) is 0 Å². The quantitative estimate of drug-likeness (QED) is 0.441. The third kappa shape index (κ3) is 5.27. The fraction of sp³-hybridized carbons (Fsp3) is 0.500. The van der Waals surface area contributed by atoms with E-state index in [9.17, 15) is 9.59 Å². The zero-order valence-electron chi connectivity index (χ0n) is 10.4. The molecule has 0 fully saturated rings. The fourth-order valence-corrected chi connectivity index (χ4v) is 1.68. The molecule has 5 nitrogen and oxygen atoms in total. The van der Waals surface area contributed by atoms with Gasteiger partial charge in [-0.25, -0.2) is 9.97 Å². The molecule has 0 aliphatic rings. The Balaban J connectivity index is 2.25. The second-order valence-corrected chi connectivity index (χ2v) is 4.54. The van der Waals surface area contributed by atoms with E-state index in [1.54, 1.807) is 6.20 Å². The van der Waals surface area contributed by atoms with Crippen LogP contribution in [0.15, 0.2) is 17.4 Å². The van der Waals surface area contributed by atoms with Gasteiger partial charge in [-0.15, -0.1) is 11.8 Å². The maximum atomic E-state index is 11.7. The van der Waals surface area contributed by atoms with Crippen LogP contribution in [-0.2, 0) is 4.79 Å². The monoisotopic (exact) mass is 267 g/mol. The van der Waals surface area contributed by atoms with E-state index >= 15 is 0 Å². The molecule has 1 N–H and O–H groups in total. The standard InChI is InChI=1S/C12H17N3O2S/c1-18-11-9-14-10(8-15-11)12(17)13-6-4-2-3-5-7-16/h7-9H,2-6H2,1H3,(H,13,17). The largest absolute Gasteiger partial charge is 0.351 e. The number of amides is 1. The number of nitrogens with one attached hydrogen (secondary N) is 1. The third-order valence-electron chi connectivity index (χ3n) is 2.35. The molecule has 0 saturated heterocycles. The van der Waals surface area contributed by atoms with E-state index in [4.69, 9.17) is 0 Å². The average molecular weight is 267 g/mol. The highest BCUT2D eigenvalue weighted by molar-refractivity contribution is 7.98. The summed E-state index contributed by atoms with van der Waals surface area (Å²) in [5.41, 5.74) is 0.334. The van der Waals surface area contributed by atoms with Crippen molar-refractivity contribution in [2.75, 3.05) is 12.8 Å². The molecule has 0 saturated carbocycles. The van der Waals surface area contributed by atoms with Crippen molar-refractivity contribution in [3.63, 3.8) is 0 Å².